The number of rotatable bonds is 1. The number of hydrogen-bond donors (Lipinski definition) is 2. The van der Waals surface area contributed by atoms with E-state index in [0.29, 0.717) is 12.4 Å². The molecule has 11 heavy (non-hydrogen) atoms. The lowest BCUT2D eigenvalue weighted by Crippen LogP contribution is -2.38. The average Bonchev–Trinajstić information content (AvgIpc) is 2.04. The van der Waals surface area contributed by atoms with E-state index in [9.17, 15) is 4.79 Å². The van der Waals surface area contributed by atoms with Crippen molar-refractivity contribution in [3.8, 4) is 0 Å². The Morgan fingerprint density at radius 1 is 1.91 bits per heavy atom. The summed E-state index contributed by atoms with van der Waals surface area (Å²) in [7, 11) is 0. The molecule has 1 unspecified atom stereocenters. The average molecular weight is 176 g/mol. The van der Waals surface area contributed by atoms with Crippen molar-refractivity contribution >= 4 is 23.6 Å². The molecule has 0 aromatic heterocycles. The van der Waals surface area contributed by atoms with Gasteiger partial charge in [0.2, 0.25) is 11.8 Å². The number of carbonyl (C=O) groups excluding carboxylic acids is 1. The van der Waals surface area contributed by atoms with Crippen LogP contribution in [0.15, 0.2) is 5.16 Å². The van der Waals surface area contributed by atoms with Gasteiger partial charge < -0.3 is 15.7 Å². The second-order valence-electron chi connectivity index (χ2n) is 1.94. The van der Waals surface area contributed by atoms with Gasteiger partial charge in [-0.05, 0) is 0 Å². The molecule has 1 rings (SSSR count). The monoisotopic (exact) mass is 176 g/mol. The van der Waals surface area contributed by atoms with Crippen molar-refractivity contribution in [2.45, 2.75) is 5.25 Å². The highest BCUT2D eigenvalue weighted by molar-refractivity contribution is 8.01. The minimum absolute atomic E-state index is 0.00810. The van der Waals surface area contributed by atoms with E-state index in [1.807, 2.05) is 0 Å². The van der Waals surface area contributed by atoms with E-state index in [1.54, 1.807) is 0 Å². The van der Waals surface area contributed by atoms with Crippen LogP contribution in [0.3, 0.4) is 0 Å². The highest BCUT2D eigenvalue weighted by atomic mass is 32.2. The van der Waals surface area contributed by atoms with Gasteiger partial charge >= 0.3 is 0 Å². The second kappa shape index (κ2) is 3.47. The molecular weight excluding hydrogens is 168 g/mol. The fourth-order valence-corrected chi connectivity index (χ4v) is 1.58. The predicted octanol–water partition coefficient (Wildman–Crippen LogP) is -0.609. The van der Waals surface area contributed by atoms with Crippen molar-refractivity contribution in [2.75, 3.05) is 12.4 Å². The maximum atomic E-state index is 10.7. The Balaban J connectivity index is 2.67. The lowest BCUT2D eigenvalue weighted by atomic mass is 10.4. The SMILES string of the molecule is NC(=O)C1SCCOC1=NO. The standard InChI is InChI=1S/C5H8N2O3S/c6-4(8)3-5(7-9)10-1-2-11-3/h3,9H,1-2H2,(H2,6,8). The van der Waals surface area contributed by atoms with Crippen LogP contribution in [0.4, 0.5) is 0 Å². The molecule has 0 aromatic carbocycles. The van der Waals surface area contributed by atoms with E-state index in [1.165, 1.54) is 11.8 Å². The van der Waals surface area contributed by atoms with Crippen molar-refractivity contribution in [1.29, 1.82) is 0 Å². The van der Waals surface area contributed by atoms with Crippen molar-refractivity contribution in [1.82, 2.24) is 0 Å². The summed E-state index contributed by atoms with van der Waals surface area (Å²) in [6.45, 7) is 0.452. The molecule has 3 N–H and O–H groups in total. The van der Waals surface area contributed by atoms with Crippen LogP contribution in [0.1, 0.15) is 0 Å². The fourth-order valence-electron chi connectivity index (χ4n) is 0.744. The number of carbonyl (C=O) groups is 1. The summed E-state index contributed by atoms with van der Waals surface area (Å²) in [5, 5.41) is 10.5. The maximum absolute atomic E-state index is 10.7. The minimum Gasteiger partial charge on any atom is -0.477 e. The van der Waals surface area contributed by atoms with Crippen molar-refractivity contribution in [3.05, 3.63) is 0 Å². The first-order valence-corrected chi connectivity index (χ1v) is 4.06. The third-order valence-electron chi connectivity index (χ3n) is 1.20. The molecule has 1 aliphatic rings. The Morgan fingerprint density at radius 2 is 2.64 bits per heavy atom. The molecule has 1 atom stereocenters. The lowest BCUT2D eigenvalue weighted by Gasteiger charge is -2.19. The summed E-state index contributed by atoms with van der Waals surface area (Å²) in [5.41, 5.74) is 5.00. The Hall–Kier alpha value is -0.910. The molecule has 5 nitrogen and oxygen atoms in total. The van der Waals surface area contributed by atoms with Crippen molar-refractivity contribution in [3.63, 3.8) is 0 Å². The first kappa shape index (κ1) is 8.19. The molecule has 1 saturated heterocycles. The summed E-state index contributed by atoms with van der Waals surface area (Å²) in [4.78, 5) is 10.7. The van der Waals surface area contributed by atoms with Gasteiger partial charge in [0.25, 0.3) is 0 Å². The van der Waals surface area contributed by atoms with Crippen LogP contribution in [0.5, 0.6) is 0 Å². The summed E-state index contributed by atoms with van der Waals surface area (Å²) in [6.07, 6.45) is 0. The molecular formula is C5H8N2O3S. The molecule has 1 aliphatic heterocycles. The van der Waals surface area contributed by atoms with Crippen LogP contribution in [0.2, 0.25) is 0 Å². The zero-order chi connectivity index (χ0) is 8.27. The van der Waals surface area contributed by atoms with Gasteiger partial charge in [-0.2, -0.15) is 0 Å². The van der Waals surface area contributed by atoms with Gasteiger partial charge in [0, 0.05) is 5.75 Å². The van der Waals surface area contributed by atoms with E-state index in [-0.39, 0.29) is 5.90 Å². The lowest BCUT2D eigenvalue weighted by molar-refractivity contribution is -0.116. The Morgan fingerprint density at radius 3 is 3.09 bits per heavy atom. The molecule has 1 heterocycles. The minimum atomic E-state index is -0.631. The Bertz CT molecular complexity index is 194. The Labute approximate surface area is 67.6 Å². The largest absolute Gasteiger partial charge is 0.477 e. The highest BCUT2D eigenvalue weighted by Gasteiger charge is 2.28. The highest BCUT2D eigenvalue weighted by Crippen LogP contribution is 2.17. The van der Waals surface area contributed by atoms with Gasteiger partial charge in [-0.25, -0.2) is 0 Å². The predicted molar refractivity (Wildman–Crippen MR) is 40.6 cm³/mol. The van der Waals surface area contributed by atoms with Crippen molar-refractivity contribution < 1.29 is 14.7 Å². The van der Waals surface area contributed by atoms with Gasteiger partial charge in [0.15, 0.2) is 5.25 Å². The normalized spacial score (nSPS) is 28.0. The molecule has 0 radical (unpaired) electrons. The van der Waals surface area contributed by atoms with Crippen LogP contribution in [-0.4, -0.2) is 34.6 Å². The van der Waals surface area contributed by atoms with Crippen LogP contribution in [0, 0.1) is 0 Å². The number of nitrogens with zero attached hydrogens (tertiary/aromatic N) is 1. The number of thioether (sulfide) groups is 1. The number of ether oxygens (including phenoxy) is 1. The molecule has 1 fully saturated rings. The summed E-state index contributed by atoms with van der Waals surface area (Å²) in [6, 6.07) is 0. The number of hydrogen-bond acceptors (Lipinski definition) is 5. The fraction of sp³-hybridized carbons (Fsp3) is 0.600. The third-order valence-corrected chi connectivity index (χ3v) is 2.37. The Kier molecular flexibility index (Phi) is 2.58. The zero-order valence-corrected chi connectivity index (χ0v) is 6.50. The van der Waals surface area contributed by atoms with Crippen LogP contribution >= 0.6 is 11.8 Å². The van der Waals surface area contributed by atoms with Gasteiger partial charge in [0.05, 0.1) is 6.61 Å². The summed E-state index contributed by atoms with van der Waals surface area (Å²) >= 11 is 1.31. The van der Waals surface area contributed by atoms with E-state index in [0.717, 1.165) is 0 Å². The van der Waals surface area contributed by atoms with Gasteiger partial charge in [0.1, 0.15) is 0 Å². The summed E-state index contributed by atoms with van der Waals surface area (Å²) < 4.78 is 4.88. The number of primary amides is 1. The van der Waals surface area contributed by atoms with Crippen LogP contribution < -0.4 is 5.73 Å². The van der Waals surface area contributed by atoms with Gasteiger partial charge in [-0.3, -0.25) is 4.79 Å². The third kappa shape index (κ3) is 1.76. The quantitative estimate of drug-likeness (QED) is 0.412. The molecule has 6 heteroatoms. The first-order valence-electron chi connectivity index (χ1n) is 3.01. The van der Waals surface area contributed by atoms with E-state index >= 15 is 0 Å². The number of amides is 1. The van der Waals surface area contributed by atoms with Gasteiger partial charge in [-0.1, -0.05) is 5.16 Å². The van der Waals surface area contributed by atoms with E-state index in [4.69, 9.17) is 15.7 Å². The van der Waals surface area contributed by atoms with E-state index < -0.39 is 11.2 Å². The molecule has 1 amide bonds. The number of oxime groups is 1. The molecule has 0 spiro atoms. The smallest absolute Gasteiger partial charge is 0.248 e. The zero-order valence-electron chi connectivity index (χ0n) is 5.69. The molecule has 0 aliphatic carbocycles. The van der Waals surface area contributed by atoms with Gasteiger partial charge in [-0.15, -0.1) is 11.8 Å². The molecule has 0 aromatic rings. The molecule has 0 saturated carbocycles. The second-order valence-corrected chi connectivity index (χ2v) is 3.15. The molecule has 62 valence electrons. The first-order chi connectivity index (χ1) is 5.25. The maximum Gasteiger partial charge on any atom is 0.248 e. The van der Waals surface area contributed by atoms with Crippen LogP contribution in [0.25, 0.3) is 0 Å². The van der Waals surface area contributed by atoms with E-state index in [2.05, 4.69) is 5.16 Å². The topological polar surface area (TPSA) is 84.9 Å². The van der Waals surface area contributed by atoms with Crippen molar-refractivity contribution in [2.24, 2.45) is 10.9 Å². The molecule has 0 bridgehead atoms. The van der Waals surface area contributed by atoms with Crippen LogP contribution in [-0.2, 0) is 9.53 Å². The number of nitrogens with two attached hydrogens (primary N) is 1. The summed E-state index contributed by atoms with van der Waals surface area (Å²) in [5.74, 6) is 0.156.